The van der Waals surface area contributed by atoms with Crippen molar-refractivity contribution in [1.29, 1.82) is 0 Å². The minimum absolute atomic E-state index is 0.291. The predicted octanol–water partition coefficient (Wildman–Crippen LogP) is 13.6. The van der Waals surface area contributed by atoms with Crippen molar-refractivity contribution in [2.24, 2.45) is 0 Å². The van der Waals surface area contributed by atoms with Crippen LogP contribution in [0.3, 0.4) is 0 Å². The molecule has 1 heterocycles. The molecule has 10 aromatic rings. The third-order valence-corrected chi connectivity index (χ3v) is 12.1. The molecule has 1 atom stereocenters. The number of hydrogen-bond donors (Lipinski definition) is 0. The normalized spacial score (nSPS) is 14.6. The molecule has 1 unspecified atom stereocenters. The molecule has 0 N–H and O–H groups in total. The van der Waals surface area contributed by atoms with Crippen LogP contribution in [0.15, 0.2) is 170 Å². The molecule has 52 heavy (non-hydrogen) atoms. The SMILES string of the molecule is c1ccc2c(c1)-c1cccc3cc(-n4c5ccc6ccccc6c5c5ccc6c(c54)-c4ccccc4C(c4cccc5ccccc45)CC6)cc-2c13. The van der Waals surface area contributed by atoms with Crippen molar-refractivity contribution in [3.8, 4) is 39.1 Å². The zero-order valence-electron chi connectivity index (χ0n) is 28.6. The summed E-state index contributed by atoms with van der Waals surface area (Å²) >= 11 is 0. The maximum atomic E-state index is 2.61. The highest BCUT2D eigenvalue weighted by Crippen LogP contribution is 2.51. The van der Waals surface area contributed by atoms with Gasteiger partial charge in [0.05, 0.1) is 11.0 Å². The fraction of sp³-hybridized carbons (Fsp3) is 0.0588. The lowest BCUT2D eigenvalue weighted by molar-refractivity contribution is 0.731. The minimum Gasteiger partial charge on any atom is -0.309 e. The smallest absolute Gasteiger partial charge is 0.0622 e. The third-order valence-electron chi connectivity index (χ3n) is 12.1. The van der Waals surface area contributed by atoms with Crippen molar-refractivity contribution in [3.63, 3.8) is 0 Å². The van der Waals surface area contributed by atoms with Crippen LogP contribution >= 0.6 is 0 Å². The highest BCUT2D eigenvalue weighted by Gasteiger charge is 2.29. The van der Waals surface area contributed by atoms with Crippen LogP contribution in [0.25, 0.3) is 93.2 Å². The second-order valence-electron chi connectivity index (χ2n) is 14.7. The van der Waals surface area contributed by atoms with Gasteiger partial charge in [-0.1, -0.05) is 152 Å². The number of fused-ring (bicyclic) bond motifs is 13. The molecule has 9 aromatic carbocycles. The van der Waals surface area contributed by atoms with E-state index in [0.717, 1.165) is 12.8 Å². The van der Waals surface area contributed by atoms with E-state index in [0.29, 0.717) is 5.92 Å². The summed E-state index contributed by atoms with van der Waals surface area (Å²) in [5.74, 6) is 0.291. The molecule has 0 amide bonds. The summed E-state index contributed by atoms with van der Waals surface area (Å²) in [6.07, 6.45) is 2.07. The number of hydrogen-bond acceptors (Lipinski definition) is 0. The molecular formula is C51H33N. The molecular weight excluding hydrogens is 627 g/mol. The van der Waals surface area contributed by atoms with Crippen LogP contribution in [0.4, 0.5) is 0 Å². The molecule has 1 heteroatoms. The van der Waals surface area contributed by atoms with Crippen LogP contribution in [0, 0.1) is 0 Å². The van der Waals surface area contributed by atoms with Gasteiger partial charge in [-0.2, -0.15) is 0 Å². The zero-order chi connectivity index (χ0) is 33.9. The van der Waals surface area contributed by atoms with E-state index in [9.17, 15) is 0 Å². The van der Waals surface area contributed by atoms with Crippen LogP contribution in [-0.2, 0) is 6.42 Å². The van der Waals surface area contributed by atoms with E-state index in [1.807, 2.05) is 0 Å². The van der Waals surface area contributed by atoms with E-state index in [4.69, 9.17) is 0 Å². The molecule has 0 spiro atoms. The maximum Gasteiger partial charge on any atom is 0.0622 e. The lowest BCUT2D eigenvalue weighted by Gasteiger charge is -2.21. The van der Waals surface area contributed by atoms with Gasteiger partial charge in [-0.05, 0) is 108 Å². The Hall–Kier alpha value is -6.44. The topological polar surface area (TPSA) is 4.93 Å². The molecule has 0 bridgehead atoms. The molecule has 1 nitrogen and oxygen atoms in total. The first-order valence-corrected chi connectivity index (χ1v) is 18.5. The van der Waals surface area contributed by atoms with E-state index in [1.165, 1.54) is 110 Å². The van der Waals surface area contributed by atoms with Gasteiger partial charge in [0.1, 0.15) is 0 Å². The summed E-state index contributed by atoms with van der Waals surface area (Å²) in [5, 5.41) is 10.5. The van der Waals surface area contributed by atoms with Gasteiger partial charge in [0.15, 0.2) is 0 Å². The Bertz CT molecular complexity index is 3130. The monoisotopic (exact) mass is 659 g/mol. The molecule has 0 saturated carbocycles. The largest absolute Gasteiger partial charge is 0.309 e. The standard InChI is InChI=1S/C51H33N/c1-3-15-36-31(11-1)13-9-21-38(36)42-26-23-33-24-27-45-50-37-16-4-2-12-32(37)25-28-47(50)52(51(45)49(33)44-20-8-7-18-40(42)44)35-29-34-14-10-22-43-39-17-5-6-19-41(39)46(30-35)48(34)43/h1-22,24-25,27-30,42H,23,26H2. The van der Waals surface area contributed by atoms with Crippen LogP contribution in [0.1, 0.15) is 29.0 Å². The van der Waals surface area contributed by atoms with E-state index in [1.54, 1.807) is 0 Å². The second kappa shape index (κ2) is 10.5. The van der Waals surface area contributed by atoms with Crippen molar-refractivity contribution < 1.29 is 0 Å². The molecule has 0 fully saturated rings. The van der Waals surface area contributed by atoms with Gasteiger partial charge in [-0.25, -0.2) is 0 Å². The summed E-state index contributed by atoms with van der Waals surface area (Å²) < 4.78 is 2.61. The lowest BCUT2D eigenvalue weighted by Crippen LogP contribution is -2.03. The van der Waals surface area contributed by atoms with Gasteiger partial charge >= 0.3 is 0 Å². The van der Waals surface area contributed by atoms with Crippen LogP contribution in [0.2, 0.25) is 0 Å². The van der Waals surface area contributed by atoms with E-state index >= 15 is 0 Å². The molecule has 2 aliphatic carbocycles. The molecule has 12 rings (SSSR count). The minimum atomic E-state index is 0.291. The number of aromatic nitrogens is 1. The lowest BCUT2D eigenvalue weighted by atomic mass is 9.83. The number of benzene rings is 9. The van der Waals surface area contributed by atoms with Crippen LogP contribution in [0.5, 0.6) is 0 Å². The maximum absolute atomic E-state index is 2.61. The van der Waals surface area contributed by atoms with Crippen LogP contribution in [-0.4, -0.2) is 4.57 Å². The Morgan fingerprint density at radius 1 is 0.423 bits per heavy atom. The number of rotatable bonds is 2. The number of aryl methyl sites for hydroxylation is 1. The first kappa shape index (κ1) is 28.3. The van der Waals surface area contributed by atoms with Crippen molar-refractivity contribution in [1.82, 2.24) is 4.57 Å². The molecule has 242 valence electrons. The van der Waals surface area contributed by atoms with Gasteiger partial charge < -0.3 is 4.57 Å². The van der Waals surface area contributed by atoms with E-state index < -0.39 is 0 Å². The van der Waals surface area contributed by atoms with Gasteiger partial charge in [0, 0.05) is 27.9 Å². The number of nitrogens with zero attached hydrogens (tertiary/aromatic N) is 1. The summed E-state index contributed by atoms with van der Waals surface area (Å²) in [6.45, 7) is 0. The second-order valence-corrected chi connectivity index (χ2v) is 14.7. The fourth-order valence-corrected chi connectivity index (χ4v) is 9.99. The average molecular weight is 660 g/mol. The van der Waals surface area contributed by atoms with Crippen molar-refractivity contribution in [3.05, 3.63) is 187 Å². The highest BCUT2D eigenvalue weighted by atomic mass is 15.0. The Balaban J connectivity index is 1.21. The summed E-state index contributed by atoms with van der Waals surface area (Å²) in [4.78, 5) is 0. The highest BCUT2D eigenvalue weighted by molar-refractivity contribution is 6.24. The fourth-order valence-electron chi connectivity index (χ4n) is 9.99. The predicted molar refractivity (Wildman–Crippen MR) is 220 cm³/mol. The molecule has 0 radical (unpaired) electrons. The third kappa shape index (κ3) is 3.78. The Morgan fingerprint density at radius 3 is 1.96 bits per heavy atom. The van der Waals surface area contributed by atoms with Gasteiger partial charge in [-0.3, -0.25) is 0 Å². The van der Waals surface area contributed by atoms with Gasteiger partial charge in [0.2, 0.25) is 0 Å². The quantitative estimate of drug-likeness (QED) is 0.174. The Kier molecular flexibility index (Phi) is 5.73. The Labute approximate surface area is 302 Å². The molecule has 2 aliphatic rings. The van der Waals surface area contributed by atoms with Crippen molar-refractivity contribution in [2.75, 3.05) is 0 Å². The summed E-state index contributed by atoms with van der Waals surface area (Å²) in [6, 6.07) is 64.1. The van der Waals surface area contributed by atoms with Gasteiger partial charge in [-0.15, -0.1) is 0 Å². The molecule has 0 aliphatic heterocycles. The van der Waals surface area contributed by atoms with Gasteiger partial charge in [0.25, 0.3) is 0 Å². The van der Waals surface area contributed by atoms with E-state index in [2.05, 4.69) is 174 Å². The average Bonchev–Trinajstić information content (AvgIpc) is 3.66. The zero-order valence-corrected chi connectivity index (χ0v) is 28.6. The van der Waals surface area contributed by atoms with Crippen molar-refractivity contribution >= 4 is 54.1 Å². The summed E-state index contributed by atoms with van der Waals surface area (Å²) in [5.41, 5.74) is 16.1. The van der Waals surface area contributed by atoms with E-state index in [-0.39, 0.29) is 0 Å². The van der Waals surface area contributed by atoms with Crippen molar-refractivity contribution in [2.45, 2.75) is 18.8 Å². The first-order valence-electron chi connectivity index (χ1n) is 18.5. The molecule has 0 saturated heterocycles. The molecule has 1 aromatic heterocycles. The Morgan fingerprint density at radius 2 is 1.08 bits per heavy atom. The first-order chi connectivity index (χ1) is 25.8. The summed E-state index contributed by atoms with van der Waals surface area (Å²) in [7, 11) is 0. The van der Waals surface area contributed by atoms with Crippen LogP contribution < -0.4 is 0 Å².